The van der Waals surface area contributed by atoms with Gasteiger partial charge in [-0.15, -0.1) is 0 Å². The largest absolute Gasteiger partial charge is 0.370 e. The monoisotopic (exact) mass is 236 g/mol. The summed E-state index contributed by atoms with van der Waals surface area (Å²) in [7, 11) is 0. The van der Waals surface area contributed by atoms with Gasteiger partial charge < -0.3 is 15.6 Å². The molecule has 0 aliphatic carbocycles. The van der Waals surface area contributed by atoms with Crippen molar-refractivity contribution >= 4 is 5.82 Å². The Morgan fingerprint density at radius 2 is 2.29 bits per heavy atom. The molecular weight excluding hydrogens is 216 g/mol. The molecule has 2 heterocycles. The van der Waals surface area contributed by atoms with Gasteiger partial charge in [0.2, 0.25) is 0 Å². The normalized spacial score (nSPS) is 14.4. The third-order valence-corrected chi connectivity index (χ3v) is 3.05. The first-order valence-corrected chi connectivity index (χ1v) is 6.38. The van der Waals surface area contributed by atoms with Crippen molar-refractivity contribution in [2.24, 2.45) is 0 Å². The third-order valence-electron chi connectivity index (χ3n) is 3.05. The van der Waals surface area contributed by atoms with Crippen LogP contribution in [0.15, 0.2) is 4.79 Å². The van der Waals surface area contributed by atoms with Crippen molar-refractivity contribution in [3.63, 3.8) is 0 Å². The molecule has 3 N–H and O–H groups in total. The molecule has 1 aromatic rings. The Hall–Kier alpha value is -1.36. The standard InChI is InChI=1S/C12H20N4O/c1-2-3-4-6-14-11-9-8-13-7-5-10(9)15-12(17)16-11/h13H,2-8H2,1H3,(H2,14,15,16,17). The van der Waals surface area contributed by atoms with Crippen molar-refractivity contribution in [2.75, 3.05) is 18.4 Å². The molecule has 0 fully saturated rings. The van der Waals surface area contributed by atoms with Gasteiger partial charge in [-0.2, -0.15) is 4.98 Å². The summed E-state index contributed by atoms with van der Waals surface area (Å²) in [5.41, 5.74) is 1.90. The lowest BCUT2D eigenvalue weighted by atomic mass is 10.1. The predicted octanol–water partition coefficient (Wildman–Crippen LogP) is 1.02. The minimum atomic E-state index is -0.247. The topological polar surface area (TPSA) is 69.8 Å². The first-order chi connectivity index (χ1) is 8.31. The quantitative estimate of drug-likeness (QED) is 0.668. The third kappa shape index (κ3) is 3.06. The lowest BCUT2D eigenvalue weighted by molar-refractivity contribution is 0.623. The van der Waals surface area contributed by atoms with Crippen LogP contribution in [0.2, 0.25) is 0 Å². The zero-order chi connectivity index (χ0) is 12.1. The van der Waals surface area contributed by atoms with E-state index >= 15 is 0 Å². The number of anilines is 1. The van der Waals surface area contributed by atoms with Crippen molar-refractivity contribution in [1.29, 1.82) is 0 Å². The van der Waals surface area contributed by atoms with Crippen molar-refractivity contribution in [3.8, 4) is 0 Å². The molecule has 0 radical (unpaired) electrons. The number of nitrogens with zero attached hydrogens (tertiary/aromatic N) is 1. The number of aromatic amines is 1. The van der Waals surface area contributed by atoms with Crippen molar-refractivity contribution in [2.45, 2.75) is 39.2 Å². The number of fused-ring (bicyclic) bond motifs is 1. The van der Waals surface area contributed by atoms with Crippen LogP contribution in [0, 0.1) is 0 Å². The van der Waals surface area contributed by atoms with Crippen LogP contribution in [0.4, 0.5) is 5.82 Å². The van der Waals surface area contributed by atoms with E-state index in [9.17, 15) is 4.79 Å². The van der Waals surface area contributed by atoms with E-state index in [1.165, 1.54) is 12.8 Å². The molecule has 5 nitrogen and oxygen atoms in total. The molecule has 1 aliphatic heterocycles. The maximum absolute atomic E-state index is 11.4. The summed E-state index contributed by atoms with van der Waals surface area (Å²) in [6, 6.07) is 0. The molecule has 1 aliphatic rings. The molecule has 5 heteroatoms. The average molecular weight is 236 g/mol. The van der Waals surface area contributed by atoms with Gasteiger partial charge in [-0.05, 0) is 6.42 Å². The molecular formula is C12H20N4O. The lowest BCUT2D eigenvalue weighted by Crippen LogP contribution is -2.30. The predicted molar refractivity (Wildman–Crippen MR) is 68.3 cm³/mol. The van der Waals surface area contributed by atoms with Crippen LogP contribution < -0.4 is 16.3 Å². The van der Waals surface area contributed by atoms with E-state index in [0.29, 0.717) is 0 Å². The maximum atomic E-state index is 11.4. The fourth-order valence-electron chi connectivity index (χ4n) is 2.10. The van der Waals surface area contributed by atoms with Crippen LogP contribution in [0.25, 0.3) is 0 Å². The number of aromatic nitrogens is 2. The minimum absolute atomic E-state index is 0.247. The van der Waals surface area contributed by atoms with Crippen LogP contribution in [0.1, 0.15) is 37.4 Å². The van der Waals surface area contributed by atoms with Crippen LogP contribution in [-0.2, 0) is 13.0 Å². The second-order valence-electron chi connectivity index (χ2n) is 4.41. The highest BCUT2D eigenvalue weighted by Gasteiger charge is 2.15. The van der Waals surface area contributed by atoms with E-state index in [1.807, 2.05) is 0 Å². The molecule has 1 aromatic heterocycles. The zero-order valence-corrected chi connectivity index (χ0v) is 10.3. The molecule has 17 heavy (non-hydrogen) atoms. The van der Waals surface area contributed by atoms with E-state index in [0.717, 1.165) is 49.6 Å². The van der Waals surface area contributed by atoms with E-state index < -0.39 is 0 Å². The molecule has 0 amide bonds. The summed E-state index contributed by atoms with van der Waals surface area (Å²) in [6.45, 7) is 4.77. The molecule has 2 rings (SSSR count). The molecule has 0 aromatic carbocycles. The number of unbranched alkanes of at least 4 members (excludes halogenated alkanes) is 2. The number of hydrogen-bond acceptors (Lipinski definition) is 4. The smallest absolute Gasteiger partial charge is 0.347 e. The van der Waals surface area contributed by atoms with Gasteiger partial charge in [0.25, 0.3) is 0 Å². The minimum Gasteiger partial charge on any atom is -0.370 e. The van der Waals surface area contributed by atoms with E-state index in [4.69, 9.17) is 0 Å². The van der Waals surface area contributed by atoms with E-state index in [1.54, 1.807) is 0 Å². The fraction of sp³-hybridized carbons (Fsp3) is 0.667. The molecule has 0 spiro atoms. The van der Waals surface area contributed by atoms with Gasteiger partial charge in [0.15, 0.2) is 0 Å². The molecule has 0 saturated heterocycles. The Morgan fingerprint density at radius 3 is 3.12 bits per heavy atom. The fourth-order valence-corrected chi connectivity index (χ4v) is 2.10. The summed E-state index contributed by atoms with van der Waals surface area (Å²) in [5.74, 6) is 0.757. The highest BCUT2D eigenvalue weighted by molar-refractivity contribution is 5.46. The summed E-state index contributed by atoms with van der Waals surface area (Å²) >= 11 is 0. The van der Waals surface area contributed by atoms with Crippen LogP contribution >= 0.6 is 0 Å². The van der Waals surface area contributed by atoms with Crippen LogP contribution in [0.3, 0.4) is 0 Å². The van der Waals surface area contributed by atoms with Gasteiger partial charge in [0.1, 0.15) is 5.82 Å². The Kier molecular flexibility index (Phi) is 4.14. The Morgan fingerprint density at radius 1 is 1.41 bits per heavy atom. The first-order valence-electron chi connectivity index (χ1n) is 6.38. The average Bonchev–Trinajstić information content (AvgIpc) is 2.34. The first kappa shape index (κ1) is 12.1. The van der Waals surface area contributed by atoms with Gasteiger partial charge in [-0.1, -0.05) is 19.8 Å². The Labute approximate surface area is 101 Å². The zero-order valence-electron chi connectivity index (χ0n) is 10.3. The second kappa shape index (κ2) is 5.82. The van der Waals surface area contributed by atoms with E-state index in [2.05, 4.69) is 27.5 Å². The summed E-state index contributed by atoms with van der Waals surface area (Å²) in [5, 5.41) is 6.58. The SMILES string of the molecule is CCCCCNc1nc(=O)[nH]c2c1CNCC2. The summed E-state index contributed by atoms with van der Waals surface area (Å²) in [4.78, 5) is 18.3. The Balaban J connectivity index is 2.09. The molecule has 94 valence electrons. The van der Waals surface area contributed by atoms with Gasteiger partial charge >= 0.3 is 5.69 Å². The highest BCUT2D eigenvalue weighted by atomic mass is 16.1. The van der Waals surface area contributed by atoms with Crippen molar-refractivity contribution in [1.82, 2.24) is 15.3 Å². The summed E-state index contributed by atoms with van der Waals surface area (Å²) < 4.78 is 0. The van der Waals surface area contributed by atoms with Gasteiger partial charge in [0, 0.05) is 37.3 Å². The lowest BCUT2D eigenvalue weighted by Gasteiger charge is -2.19. The molecule has 0 bridgehead atoms. The van der Waals surface area contributed by atoms with Crippen LogP contribution in [-0.4, -0.2) is 23.1 Å². The summed E-state index contributed by atoms with van der Waals surface area (Å²) in [6.07, 6.45) is 4.39. The van der Waals surface area contributed by atoms with Crippen LogP contribution in [0.5, 0.6) is 0 Å². The molecule has 0 unspecified atom stereocenters. The molecule has 0 saturated carbocycles. The van der Waals surface area contributed by atoms with Gasteiger partial charge in [0.05, 0.1) is 0 Å². The Bertz CT molecular complexity index is 427. The van der Waals surface area contributed by atoms with Gasteiger partial charge in [-0.3, -0.25) is 0 Å². The number of rotatable bonds is 5. The van der Waals surface area contributed by atoms with Crippen molar-refractivity contribution in [3.05, 3.63) is 21.7 Å². The number of nitrogens with one attached hydrogen (secondary N) is 3. The maximum Gasteiger partial charge on any atom is 0.347 e. The molecule has 0 atom stereocenters. The highest BCUT2D eigenvalue weighted by Crippen LogP contribution is 2.17. The van der Waals surface area contributed by atoms with E-state index in [-0.39, 0.29) is 5.69 Å². The number of H-pyrrole nitrogens is 1. The second-order valence-corrected chi connectivity index (χ2v) is 4.41. The van der Waals surface area contributed by atoms with Gasteiger partial charge in [-0.25, -0.2) is 4.79 Å². The van der Waals surface area contributed by atoms with Crippen molar-refractivity contribution < 1.29 is 0 Å². The number of hydrogen-bond donors (Lipinski definition) is 3.